The third kappa shape index (κ3) is 4.72. The van der Waals surface area contributed by atoms with Gasteiger partial charge in [0.2, 0.25) is 4.77 Å². The van der Waals surface area contributed by atoms with Crippen molar-refractivity contribution >= 4 is 22.1 Å². The molecule has 0 radical (unpaired) electrons. The lowest BCUT2D eigenvalue weighted by Crippen LogP contribution is -2.34. The van der Waals surface area contributed by atoms with Crippen LogP contribution in [0.1, 0.15) is 32.8 Å². The maximum atomic E-state index is 11.9. The van der Waals surface area contributed by atoms with Gasteiger partial charge in [-0.05, 0) is 48.8 Å². The van der Waals surface area contributed by atoms with Gasteiger partial charge in [0.15, 0.2) is 15.7 Å². The standard InChI is InChI=1S/C24H30N4O2S2/c1-24(2,3)19-12-10-18(11-13-19)22-25-27(17-26(4)21-14-15-32(29,30)16-21)23(31)28(22)20-8-6-5-7-9-20/h5-13,21H,14-17H2,1-4H3/t21-/m0/s1. The summed E-state index contributed by atoms with van der Waals surface area (Å²) in [5.74, 6) is 1.21. The van der Waals surface area contributed by atoms with Gasteiger partial charge in [-0.15, -0.1) is 5.10 Å². The molecule has 0 aliphatic carbocycles. The van der Waals surface area contributed by atoms with E-state index in [1.807, 2.05) is 46.8 Å². The monoisotopic (exact) mass is 470 g/mol. The highest BCUT2D eigenvalue weighted by Gasteiger charge is 2.31. The summed E-state index contributed by atoms with van der Waals surface area (Å²) in [6.07, 6.45) is 0.646. The summed E-state index contributed by atoms with van der Waals surface area (Å²) in [7, 11) is -1.01. The summed E-state index contributed by atoms with van der Waals surface area (Å²) in [6, 6.07) is 18.4. The first-order valence-electron chi connectivity index (χ1n) is 10.8. The lowest BCUT2D eigenvalue weighted by atomic mass is 9.87. The lowest BCUT2D eigenvalue weighted by molar-refractivity contribution is 0.196. The van der Waals surface area contributed by atoms with Crippen molar-refractivity contribution in [3.05, 3.63) is 64.9 Å². The Labute approximate surface area is 195 Å². The van der Waals surface area contributed by atoms with Crippen LogP contribution in [0.4, 0.5) is 0 Å². The molecule has 2 heterocycles. The molecule has 1 fully saturated rings. The average Bonchev–Trinajstić information content (AvgIpc) is 3.27. The van der Waals surface area contributed by atoms with E-state index < -0.39 is 9.84 Å². The number of benzene rings is 2. The van der Waals surface area contributed by atoms with E-state index in [-0.39, 0.29) is 23.0 Å². The van der Waals surface area contributed by atoms with Crippen molar-refractivity contribution in [1.29, 1.82) is 0 Å². The van der Waals surface area contributed by atoms with Gasteiger partial charge in [-0.1, -0.05) is 63.2 Å². The third-order valence-electron chi connectivity index (χ3n) is 6.05. The number of para-hydroxylation sites is 1. The van der Waals surface area contributed by atoms with Crippen LogP contribution in [0.25, 0.3) is 17.1 Å². The summed E-state index contributed by atoms with van der Waals surface area (Å²) < 4.78 is 28.2. The molecule has 0 amide bonds. The van der Waals surface area contributed by atoms with E-state index in [0.29, 0.717) is 17.9 Å². The van der Waals surface area contributed by atoms with Crippen LogP contribution in [0.15, 0.2) is 54.6 Å². The maximum absolute atomic E-state index is 11.9. The second-order valence-electron chi connectivity index (χ2n) is 9.56. The molecular formula is C24H30N4O2S2. The zero-order valence-electron chi connectivity index (χ0n) is 19.0. The molecule has 1 atom stereocenters. The van der Waals surface area contributed by atoms with E-state index in [1.54, 1.807) is 4.68 Å². The van der Waals surface area contributed by atoms with Crippen molar-refractivity contribution in [3.8, 4) is 17.1 Å². The molecule has 0 N–H and O–H groups in total. The fourth-order valence-corrected chi connectivity index (χ4v) is 6.16. The SMILES string of the molecule is CN(Cn1nc(-c2ccc(C(C)(C)C)cc2)n(-c2ccccc2)c1=S)[C@H]1CCS(=O)(=O)C1. The average molecular weight is 471 g/mol. The molecule has 0 bridgehead atoms. The molecule has 1 saturated heterocycles. The Kier molecular flexibility index (Phi) is 6.13. The Hall–Kier alpha value is -2.29. The van der Waals surface area contributed by atoms with E-state index >= 15 is 0 Å². The summed E-state index contributed by atoms with van der Waals surface area (Å²) in [5, 5.41) is 4.88. The van der Waals surface area contributed by atoms with Gasteiger partial charge in [-0.25, -0.2) is 13.1 Å². The summed E-state index contributed by atoms with van der Waals surface area (Å²) in [4.78, 5) is 2.04. The predicted octanol–water partition coefficient (Wildman–Crippen LogP) is 4.44. The van der Waals surface area contributed by atoms with Gasteiger partial charge in [-0.3, -0.25) is 9.47 Å². The molecule has 6 nitrogen and oxygen atoms in total. The topological polar surface area (TPSA) is 60.1 Å². The quantitative estimate of drug-likeness (QED) is 0.516. The molecule has 0 unspecified atom stereocenters. The van der Waals surface area contributed by atoms with Crippen LogP contribution in [-0.4, -0.2) is 52.3 Å². The zero-order valence-corrected chi connectivity index (χ0v) is 20.7. The minimum absolute atomic E-state index is 0.0155. The predicted molar refractivity (Wildman–Crippen MR) is 131 cm³/mol. The van der Waals surface area contributed by atoms with Crippen LogP contribution in [0.2, 0.25) is 0 Å². The first-order valence-corrected chi connectivity index (χ1v) is 13.0. The van der Waals surface area contributed by atoms with Crippen molar-refractivity contribution in [2.75, 3.05) is 18.6 Å². The van der Waals surface area contributed by atoms with Gasteiger partial charge >= 0.3 is 0 Å². The highest BCUT2D eigenvalue weighted by Crippen LogP contribution is 2.27. The number of sulfone groups is 1. The van der Waals surface area contributed by atoms with Crippen molar-refractivity contribution in [2.24, 2.45) is 0 Å². The van der Waals surface area contributed by atoms with Crippen LogP contribution in [-0.2, 0) is 21.9 Å². The Morgan fingerprint density at radius 1 is 1.09 bits per heavy atom. The summed E-state index contributed by atoms with van der Waals surface area (Å²) >= 11 is 5.84. The van der Waals surface area contributed by atoms with Crippen LogP contribution >= 0.6 is 12.2 Å². The van der Waals surface area contributed by atoms with Crippen LogP contribution in [0.5, 0.6) is 0 Å². The van der Waals surface area contributed by atoms with Gasteiger partial charge in [0.25, 0.3) is 0 Å². The highest BCUT2D eigenvalue weighted by atomic mass is 32.2. The van der Waals surface area contributed by atoms with E-state index in [2.05, 4.69) is 45.0 Å². The van der Waals surface area contributed by atoms with Gasteiger partial charge in [-0.2, -0.15) is 0 Å². The van der Waals surface area contributed by atoms with Gasteiger partial charge in [0.05, 0.1) is 18.2 Å². The van der Waals surface area contributed by atoms with Crippen LogP contribution in [0, 0.1) is 4.77 Å². The number of rotatable bonds is 5. The molecule has 0 spiro atoms. The smallest absolute Gasteiger partial charge is 0.204 e. The maximum Gasteiger partial charge on any atom is 0.204 e. The van der Waals surface area contributed by atoms with E-state index in [1.165, 1.54) is 5.56 Å². The molecule has 4 rings (SSSR count). The first kappa shape index (κ1) is 22.9. The molecule has 1 aliphatic rings. The Balaban J connectivity index is 1.74. The van der Waals surface area contributed by atoms with Gasteiger partial charge in [0, 0.05) is 17.3 Å². The number of aromatic nitrogens is 3. The van der Waals surface area contributed by atoms with Crippen molar-refractivity contribution in [2.45, 2.75) is 45.3 Å². The Morgan fingerprint density at radius 2 is 1.75 bits per heavy atom. The highest BCUT2D eigenvalue weighted by molar-refractivity contribution is 7.91. The fraction of sp³-hybridized carbons (Fsp3) is 0.417. The van der Waals surface area contributed by atoms with Crippen LogP contribution < -0.4 is 0 Å². The molecule has 32 heavy (non-hydrogen) atoms. The molecule has 0 saturated carbocycles. The third-order valence-corrected chi connectivity index (χ3v) is 8.20. The van der Waals surface area contributed by atoms with Crippen molar-refractivity contribution in [1.82, 2.24) is 19.2 Å². The zero-order chi connectivity index (χ0) is 23.1. The number of hydrogen-bond acceptors (Lipinski definition) is 5. The molecule has 3 aromatic rings. The summed E-state index contributed by atoms with van der Waals surface area (Å²) in [6.45, 7) is 7.02. The normalized spacial score (nSPS) is 18.3. The van der Waals surface area contributed by atoms with Gasteiger partial charge < -0.3 is 0 Å². The first-order chi connectivity index (χ1) is 15.0. The molecule has 8 heteroatoms. The van der Waals surface area contributed by atoms with Crippen molar-refractivity contribution in [3.63, 3.8) is 0 Å². The Bertz CT molecular complexity index is 1250. The number of nitrogens with zero attached hydrogens (tertiary/aromatic N) is 4. The second kappa shape index (κ2) is 8.57. The van der Waals surface area contributed by atoms with E-state index in [9.17, 15) is 8.42 Å². The molecule has 1 aliphatic heterocycles. The fourth-order valence-electron chi connectivity index (χ4n) is 4.07. The molecular weight excluding hydrogens is 440 g/mol. The molecule has 1 aromatic heterocycles. The molecule has 2 aromatic carbocycles. The lowest BCUT2D eigenvalue weighted by Gasteiger charge is -2.22. The van der Waals surface area contributed by atoms with Gasteiger partial charge in [0.1, 0.15) is 0 Å². The van der Waals surface area contributed by atoms with E-state index in [4.69, 9.17) is 17.3 Å². The minimum atomic E-state index is -2.95. The second-order valence-corrected chi connectivity index (χ2v) is 12.2. The Morgan fingerprint density at radius 3 is 2.31 bits per heavy atom. The van der Waals surface area contributed by atoms with Crippen molar-refractivity contribution < 1.29 is 8.42 Å². The molecule has 170 valence electrons. The minimum Gasteiger partial charge on any atom is -0.283 e. The largest absolute Gasteiger partial charge is 0.283 e. The number of hydrogen-bond donors (Lipinski definition) is 0. The van der Waals surface area contributed by atoms with Crippen LogP contribution in [0.3, 0.4) is 0 Å². The summed E-state index contributed by atoms with van der Waals surface area (Å²) in [5.41, 5.74) is 3.26. The van der Waals surface area contributed by atoms with E-state index in [0.717, 1.165) is 17.1 Å².